The van der Waals surface area contributed by atoms with E-state index in [1.807, 2.05) is 44.4 Å². The number of aryl methyl sites for hydroxylation is 1. The number of carboxylic acid groups (broad SMARTS) is 1. The summed E-state index contributed by atoms with van der Waals surface area (Å²) in [6, 6.07) is 5.60. The highest BCUT2D eigenvalue weighted by atomic mass is 32.1. The number of aliphatic imine (C=N–C) groups is 1. The second kappa shape index (κ2) is 10.1. The number of anilines is 3. The normalized spacial score (nSPS) is 16.7. The molecule has 0 aliphatic carbocycles. The molecule has 0 bridgehead atoms. The molecule has 36 heavy (non-hydrogen) atoms. The molecule has 1 fully saturated rings. The Morgan fingerprint density at radius 3 is 2.50 bits per heavy atom. The highest BCUT2D eigenvalue weighted by Crippen LogP contribution is 2.35. The van der Waals surface area contributed by atoms with Crippen LogP contribution in [0.25, 0.3) is 10.2 Å². The van der Waals surface area contributed by atoms with Crippen molar-refractivity contribution in [3.8, 4) is 5.75 Å². The zero-order valence-corrected chi connectivity index (χ0v) is 21.6. The standard InChI is InChI=1S/C16H20N6O3S.C8H11NO/c1-16(2)8-25-12(20-16)9-7-26-13-10(9)11(18-14(17)19-13)21-3-5-22(6-4-21)15(23)24;1-6-5-7(10-2)3-4-8(6)9/h7H,3-6,8H2,1-2H3,(H,23,24)(H2,17,18,19);3-5H,9H2,1-2H3. The van der Waals surface area contributed by atoms with Gasteiger partial charge in [0.15, 0.2) is 0 Å². The van der Waals surface area contributed by atoms with Crippen molar-refractivity contribution >= 4 is 51.0 Å². The maximum absolute atomic E-state index is 11.1. The predicted octanol–water partition coefficient (Wildman–Crippen LogP) is 3.21. The lowest BCUT2D eigenvalue weighted by molar-refractivity contribution is 0.142. The number of aromatic nitrogens is 2. The Bertz CT molecular complexity index is 1300. The van der Waals surface area contributed by atoms with Crippen LogP contribution in [0.5, 0.6) is 5.75 Å². The number of piperazine rings is 1. The number of nitrogens with zero attached hydrogens (tertiary/aromatic N) is 5. The molecule has 11 nitrogen and oxygen atoms in total. The van der Waals surface area contributed by atoms with Crippen LogP contribution in [0.3, 0.4) is 0 Å². The zero-order valence-electron chi connectivity index (χ0n) is 20.8. The first-order valence-electron chi connectivity index (χ1n) is 11.5. The van der Waals surface area contributed by atoms with Crippen LogP contribution in [0.1, 0.15) is 25.0 Å². The molecule has 2 aliphatic heterocycles. The van der Waals surface area contributed by atoms with Crippen molar-refractivity contribution in [2.24, 2.45) is 4.99 Å². The number of ether oxygens (including phenoxy) is 2. The first kappa shape index (κ1) is 25.3. The average molecular weight is 514 g/mol. The van der Waals surface area contributed by atoms with Crippen molar-refractivity contribution in [1.29, 1.82) is 0 Å². The van der Waals surface area contributed by atoms with Gasteiger partial charge in [0.25, 0.3) is 0 Å². The van der Waals surface area contributed by atoms with Crippen LogP contribution in [0.2, 0.25) is 0 Å². The number of benzene rings is 1. The number of rotatable bonds is 3. The van der Waals surface area contributed by atoms with E-state index in [2.05, 4.69) is 19.9 Å². The summed E-state index contributed by atoms with van der Waals surface area (Å²) in [5.74, 6) is 2.37. The van der Waals surface area contributed by atoms with Crippen LogP contribution in [-0.2, 0) is 4.74 Å². The Morgan fingerprint density at radius 1 is 1.19 bits per heavy atom. The van der Waals surface area contributed by atoms with Crippen LogP contribution in [0.15, 0.2) is 28.6 Å². The number of nitrogens with two attached hydrogens (primary N) is 2. The molecule has 3 aromatic rings. The first-order valence-corrected chi connectivity index (χ1v) is 12.4. The van der Waals surface area contributed by atoms with E-state index in [-0.39, 0.29) is 11.5 Å². The van der Waals surface area contributed by atoms with E-state index in [1.165, 1.54) is 16.2 Å². The van der Waals surface area contributed by atoms with Crippen molar-refractivity contribution in [3.05, 3.63) is 34.7 Å². The Balaban J connectivity index is 0.000000256. The smallest absolute Gasteiger partial charge is 0.407 e. The molecule has 192 valence electrons. The van der Waals surface area contributed by atoms with E-state index in [1.54, 1.807) is 7.11 Å². The van der Waals surface area contributed by atoms with Gasteiger partial charge in [-0.15, -0.1) is 11.3 Å². The number of fused-ring (bicyclic) bond motifs is 1. The number of methoxy groups -OCH3 is 1. The van der Waals surface area contributed by atoms with E-state index >= 15 is 0 Å². The number of thiophene rings is 1. The number of carbonyl (C=O) groups is 1. The molecule has 0 radical (unpaired) electrons. The van der Waals surface area contributed by atoms with Gasteiger partial charge in [-0.1, -0.05) is 0 Å². The third-order valence-corrected chi connectivity index (χ3v) is 6.83. The van der Waals surface area contributed by atoms with Crippen molar-refractivity contribution in [2.45, 2.75) is 26.3 Å². The quantitative estimate of drug-likeness (QED) is 0.448. The maximum atomic E-state index is 11.1. The summed E-state index contributed by atoms with van der Waals surface area (Å²) in [7, 11) is 1.64. The lowest BCUT2D eigenvalue weighted by Gasteiger charge is -2.34. The maximum Gasteiger partial charge on any atom is 0.407 e. The Hall–Kier alpha value is -3.80. The van der Waals surface area contributed by atoms with Crippen LogP contribution in [-0.4, -0.2) is 77.4 Å². The van der Waals surface area contributed by atoms with Gasteiger partial charge in [0, 0.05) is 37.2 Å². The minimum atomic E-state index is -0.899. The molecular formula is C24H31N7O4S. The number of nitrogen functional groups attached to an aromatic ring is 2. The van der Waals surface area contributed by atoms with Crippen LogP contribution in [0.4, 0.5) is 22.2 Å². The van der Waals surface area contributed by atoms with Gasteiger partial charge in [0.2, 0.25) is 11.8 Å². The van der Waals surface area contributed by atoms with Gasteiger partial charge in [0.1, 0.15) is 23.0 Å². The molecule has 1 amide bonds. The predicted molar refractivity (Wildman–Crippen MR) is 142 cm³/mol. The van der Waals surface area contributed by atoms with Gasteiger partial charge < -0.3 is 35.8 Å². The highest BCUT2D eigenvalue weighted by molar-refractivity contribution is 7.17. The van der Waals surface area contributed by atoms with Crippen molar-refractivity contribution in [1.82, 2.24) is 14.9 Å². The van der Waals surface area contributed by atoms with Crippen LogP contribution < -0.4 is 21.1 Å². The molecule has 2 aromatic heterocycles. The van der Waals surface area contributed by atoms with Gasteiger partial charge in [-0.3, -0.25) is 0 Å². The van der Waals surface area contributed by atoms with Gasteiger partial charge in [-0.05, 0) is 44.5 Å². The molecule has 0 spiro atoms. The third kappa shape index (κ3) is 5.38. The second-order valence-corrected chi connectivity index (χ2v) is 10.1. The topological polar surface area (TPSA) is 152 Å². The monoisotopic (exact) mass is 513 g/mol. The van der Waals surface area contributed by atoms with E-state index in [4.69, 9.17) is 26.0 Å². The Labute approximate surface area is 213 Å². The number of amides is 1. The van der Waals surface area contributed by atoms with Crippen molar-refractivity contribution in [2.75, 3.05) is 56.3 Å². The van der Waals surface area contributed by atoms with E-state index in [9.17, 15) is 4.79 Å². The summed E-state index contributed by atoms with van der Waals surface area (Å²) < 4.78 is 10.8. The molecule has 0 atom stereocenters. The fourth-order valence-electron chi connectivity index (χ4n) is 3.93. The van der Waals surface area contributed by atoms with E-state index < -0.39 is 6.09 Å². The third-order valence-electron chi connectivity index (χ3n) is 5.96. The van der Waals surface area contributed by atoms with E-state index in [0.29, 0.717) is 44.5 Å². The molecule has 1 aromatic carbocycles. The van der Waals surface area contributed by atoms with Gasteiger partial charge in [0.05, 0.1) is 23.6 Å². The highest BCUT2D eigenvalue weighted by Gasteiger charge is 2.31. The summed E-state index contributed by atoms with van der Waals surface area (Å²) in [5, 5.41) is 12.0. The van der Waals surface area contributed by atoms with Crippen molar-refractivity contribution < 1.29 is 19.4 Å². The van der Waals surface area contributed by atoms with Crippen molar-refractivity contribution in [3.63, 3.8) is 0 Å². The minimum Gasteiger partial charge on any atom is -0.497 e. The molecule has 5 rings (SSSR count). The summed E-state index contributed by atoms with van der Waals surface area (Å²) in [5.41, 5.74) is 14.0. The fourth-order valence-corrected chi connectivity index (χ4v) is 4.85. The van der Waals surface area contributed by atoms with Gasteiger partial charge >= 0.3 is 6.09 Å². The number of hydrogen-bond acceptors (Lipinski definition) is 10. The van der Waals surface area contributed by atoms with Gasteiger partial charge in [-0.2, -0.15) is 4.98 Å². The van der Waals surface area contributed by atoms with Gasteiger partial charge in [-0.25, -0.2) is 14.8 Å². The van der Waals surface area contributed by atoms with Crippen LogP contribution in [0, 0.1) is 6.92 Å². The van der Waals surface area contributed by atoms with Crippen LogP contribution >= 0.6 is 11.3 Å². The Kier molecular flexibility index (Phi) is 7.07. The molecule has 0 unspecified atom stereocenters. The van der Waals surface area contributed by atoms with E-state index in [0.717, 1.165) is 32.8 Å². The lowest BCUT2D eigenvalue weighted by Crippen LogP contribution is -2.48. The summed E-state index contributed by atoms with van der Waals surface area (Å²) >= 11 is 1.48. The molecule has 12 heteroatoms. The molecule has 1 saturated heterocycles. The average Bonchev–Trinajstić information content (AvgIpc) is 3.43. The summed E-state index contributed by atoms with van der Waals surface area (Å²) in [4.78, 5) is 28.8. The molecule has 2 aliphatic rings. The first-order chi connectivity index (χ1) is 17.1. The Morgan fingerprint density at radius 2 is 1.92 bits per heavy atom. The SMILES string of the molecule is CC1(C)COC(c2csc3nc(N)nc(N4CCN(C(=O)O)CC4)c23)=N1.COc1ccc(N)c(C)c1. The largest absolute Gasteiger partial charge is 0.497 e. The summed E-state index contributed by atoms with van der Waals surface area (Å²) in [6.45, 7) is 8.47. The number of hydrogen-bond donors (Lipinski definition) is 3. The summed E-state index contributed by atoms with van der Waals surface area (Å²) in [6.07, 6.45) is -0.899. The fraction of sp³-hybridized carbons (Fsp3) is 0.417. The lowest BCUT2D eigenvalue weighted by atomic mass is 10.1. The minimum absolute atomic E-state index is 0.205. The molecular weight excluding hydrogens is 482 g/mol. The zero-order chi connectivity index (χ0) is 26.0. The molecule has 5 N–H and O–H groups in total. The molecule has 4 heterocycles. The second-order valence-electron chi connectivity index (χ2n) is 9.23. The molecule has 0 saturated carbocycles.